The van der Waals surface area contributed by atoms with Gasteiger partial charge in [-0.3, -0.25) is 4.79 Å². The zero-order chi connectivity index (χ0) is 20.6. The topological polar surface area (TPSA) is 67.3 Å². The SMILES string of the molecule is Cc1ccc(Oc2nccnc2SCC(=O)NCc2ccc(N(C)C)cc2)cc1. The number of thioether (sulfide) groups is 1. The highest BCUT2D eigenvalue weighted by molar-refractivity contribution is 8.00. The molecular weight excluding hydrogens is 384 g/mol. The first-order chi connectivity index (χ1) is 14.0. The van der Waals surface area contributed by atoms with Crippen LogP contribution >= 0.6 is 11.8 Å². The Balaban J connectivity index is 1.53. The van der Waals surface area contributed by atoms with Crippen LogP contribution < -0.4 is 15.0 Å². The molecule has 1 N–H and O–H groups in total. The van der Waals surface area contributed by atoms with Crippen LogP contribution in [0.4, 0.5) is 5.69 Å². The fourth-order valence-corrected chi connectivity index (χ4v) is 3.22. The summed E-state index contributed by atoms with van der Waals surface area (Å²) in [5.41, 5.74) is 3.33. The van der Waals surface area contributed by atoms with Crippen molar-refractivity contribution in [3.63, 3.8) is 0 Å². The Labute approximate surface area is 175 Å². The summed E-state index contributed by atoms with van der Waals surface area (Å²) in [6, 6.07) is 15.8. The number of nitrogens with zero attached hydrogens (tertiary/aromatic N) is 3. The zero-order valence-electron chi connectivity index (χ0n) is 16.8. The highest BCUT2D eigenvalue weighted by Gasteiger charge is 2.11. The second-order valence-corrected chi connectivity index (χ2v) is 7.67. The number of rotatable bonds is 8. The quantitative estimate of drug-likeness (QED) is 0.567. The molecule has 0 saturated heterocycles. The van der Waals surface area contributed by atoms with E-state index >= 15 is 0 Å². The van der Waals surface area contributed by atoms with E-state index < -0.39 is 0 Å². The summed E-state index contributed by atoms with van der Waals surface area (Å²) < 4.78 is 5.83. The Morgan fingerprint density at radius 3 is 2.41 bits per heavy atom. The van der Waals surface area contributed by atoms with Crippen molar-refractivity contribution in [3.05, 3.63) is 72.1 Å². The molecule has 29 heavy (non-hydrogen) atoms. The molecule has 150 valence electrons. The maximum atomic E-state index is 12.2. The van der Waals surface area contributed by atoms with Crippen molar-refractivity contribution in [1.29, 1.82) is 0 Å². The molecule has 0 aliphatic carbocycles. The predicted octanol–water partition coefficient (Wildman–Crippen LogP) is 4.05. The van der Waals surface area contributed by atoms with E-state index in [0.717, 1.165) is 16.8 Å². The first-order valence-electron chi connectivity index (χ1n) is 9.22. The molecule has 0 spiro atoms. The lowest BCUT2D eigenvalue weighted by atomic mass is 10.2. The minimum atomic E-state index is -0.0707. The highest BCUT2D eigenvalue weighted by atomic mass is 32.2. The molecule has 0 unspecified atom stereocenters. The maximum absolute atomic E-state index is 12.2. The summed E-state index contributed by atoms with van der Waals surface area (Å²) in [5.74, 6) is 1.24. The van der Waals surface area contributed by atoms with Crippen LogP contribution in [0.1, 0.15) is 11.1 Å². The van der Waals surface area contributed by atoms with Crippen LogP contribution in [-0.2, 0) is 11.3 Å². The molecule has 7 heteroatoms. The Bertz CT molecular complexity index is 944. The predicted molar refractivity (Wildman–Crippen MR) is 117 cm³/mol. The number of amides is 1. The van der Waals surface area contributed by atoms with Gasteiger partial charge in [0.1, 0.15) is 5.75 Å². The minimum absolute atomic E-state index is 0.0707. The molecule has 0 bridgehead atoms. The molecule has 1 aromatic heterocycles. The number of aromatic nitrogens is 2. The van der Waals surface area contributed by atoms with Crippen molar-refractivity contribution in [2.75, 3.05) is 24.7 Å². The van der Waals surface area contributed by atoms with E-state index in [0.29, 0.717) is 23.2 Å². The van der Waals surface area contributed by atoms with Crippen LogP contribution in [-0.4, -0.2) is 35.7 Å². The molecule has 2 aromatic carbocycles. The standard InChI is InChI=1S/C22H24N4O2S/c1-16-4-10-19(11-5-16)28-21-22(24-13-12-23-21)29-15-20(27)25-14-17-6-8-18(9-7-17)26(2)3/h4-13H,14-15H2,1-3H3,(H,25,27). The average Bonchev–Trinajstić information content (AvgIpc) is 2.73. The first-order valence-corrected chi connectivity index (χ1v) is 10.2. The minimum Gasteiger partial charge on any atom is -0.437 e. The summed E-state index contributed by atoms with van der Waals surface area (Å²) in [6.45, 7) is 2.50. The Morgan fingerprint density at radius 1 is 1.03 bits per heavy atom. The van der Waals surface area contributed by atoms with Crippen LogP contribution in [0.15, 0.2) is 66.0 Å². The van der Waals surface area contributed by atoms with Gasteiger partial charge in [-0.2, -0.15) is 0 Å². The van der Waals surface area contributed by atoms with Gasteiger partial charge in [-0.15, -0.1) is 0 Å². The summed E-state index contributed by atoms with van der Waals surface area (Å²) >= 11 is 1.30. The number of carbonyl (C=O) groups excluding carboxylic acids is 1. The fourth-order valence-electron chi connectivity index (χ4n) is 2.50. The lowest BCUT2D eigenvalue weighted by Gasteiger charge is -2.13. The van der Waals surface area contributed by atoms with Crippen molar-refractivity contribution >= 4 is 23.4 Å². The molecule has 3 rings (SSSR count). The van der Waals surface area contributed by atoms with Crippen LogP contribution in [0.2, 0.25) is 0 Å². The van der Waals surface area contributed by atoms with Gasteiger partial charge in [0, 0.05) is 38.7 Å². The lowest BCUT2D eigenvalue weighted by Crippen LogP contribution is -2.24. The Kier molecular flexibility index (Phi) is 7.08. The van der Waals surface area contributed by atoms with E-state index in [1.54, 1.807) is 12.4 Å². The molecule has 0 fully saturated rings. The number of nitrogens with one attached hydrogen (secondary N) is 1. The Morgan fingerprint density at radius 2 is 1.72 bits per heavy atom. The van der Waals surface area contributed by atoms with Crippen molar-refractivity contribution < 1.29 is 9.53 Å². The molecule has 1 heterocycles. The third-order valence-corrected chi connectivity index (χ3v) is 5.11. The van der Waals surface area contributed by atoms with Gasteiger partial charge in [0.2, 0.25) is 5.91 Å². The monoisotopic (exact) mass is 408 g/mol. The molecule has 0 aliphatic rings. The fraction of sp³-hybridized carbons (Fsp3) is 0.227. The van der Waals surface area contributed by atoms with Crippen LogP contribution in [0.5, 0.6) is 11.6 Å². The molecule has 1 amide bonds. The molecule has 0 aliphatic heterocycles. The van der Waals surface area contributed by atoms with E-state index in [1.165, 1.54) is 11.8 Å². The number of carbonyl (C=O) groups is 1. The maximum Gasteiger partial charge on any atom is 0.252 e. The second kappa shape index (κ2) is 9.93. The van der Waals surface area contributed by atoms with Gasteiger partial charge in [0.15, 0.2) is 5.03 Å². The molecule has 0 saturated carbocycles. The summed E-state index contributed by atoms with van der Waals surface area (Å²) in [6.07, 6.45) is 3.17. The third kappa shape index (κ3) is 6.22. The van der Waals surface area contributed by atoms with E-state index in [-0.39, 0.29) is 11.7 Å². The van der Waals surface area contributed by atoms with Crippen LogP contribution in [0, 0.1) is 6.92 Å². The van der Waals surface area contributed by atoms with Gasteiger partial charge in [-0.25, -0.2) is 9.97 Å². The van der Waals surface area contributed by atoms with Crippen LogP contribution in [0.25, 0.3) is 0 Å². The van der Waals surface area contributed by atoms with Crippen LogP contribution in [0.3, 0.4) is 0 Å². The largest absolute Gasteiger partial charge is 0.437 e. The van der Waals surface area contributed by atoms with Crippen molar-refractivity contribution in [3.8, 4) is 11.6 Å². The second-order valence-electron chi connectivity index (χ2n) is 6.71. The normalized spacial score (nSPS) is 10.4. The summed E-state index contributed by atoms with van der Waals surface area (Å²) in [7, 11) is 3.99. The van der Waals surface area contributed by atoms with Crippen molar-refractivity contribution in [2.45, 2.75) is 18.5 Å². The van der Waals surface area contributed by atoms with Gasteiger partial charge >= 0.3 is 0 Å². The van der Waals surface area contributed by atoms with Gasteiger partial charge in [-0.05, 0) is 36.8 Å². The zero-order valence-corrected chi connectivity index (χ0v) is 17.6. The van der Waals surface area contributed by atoms with E-state index in [9.17, 15) is 4.79 Å². The number of hydrogen-bond donors (Lipinski definition) is 1. The number of hydrogen-bond acceptors (Lipinski definition) is 6. The molecule has 0 radical (unpaired) electrons. The molecule has 3 aromatic rings. The summed E-state index contributed by atoms with van der Waals surface area (Å²) in [5, 5.41) is 3.51. The summed E-state index contributed by atoms with van der Waals surface area (Å²) in [4.78, 5) is 22.8. The smallest absolute Gasteiger partial charge is 0.252 e. The van der Waals surface area contributed by atoms with E-state index in [2.05, 4.69) is 15.3 Å². The average molecular weight is 409 g/mol. The first kappa shape index (κ1) is 20.7. The molecule has 6 nitrogen and oxygen atoms in total. The number of anilines is 1. The van der Waals surface area contributed by atoms with Gasteiger partial charge in [0.25, 0.3) is 5.88 Å². The van der Waals surface area contributed by atoms with Gasteiger partial charge in [-0.1, -0.05) is 41.6 Å². The Hall–Kier alpha value is -3.06. The van der Waals surface area contributed by atoms with Crippen molar-refractivity contribution in [1.82, 2.24) is 15.3 Å². The highest BCUT2D eigenvalue weighted by Crippen LogP contribution is 2.28. The molecule has 0 atom stereocenters. The number of ether oxygens (including phenoxy) is 1. The number of benzene rings is 2. The number of aryl methyl sites for hydroxylation is 1. The van der Waals surface area contributed by atoms with E-state index in [1.807, 2.05) is 74.4 Å². The third-order valence-electron chi connectivity index (χ3n) is 4.15. The van der Waals surface area contributed by atoms with Crippen molar-refractivity contribution in [2.24, 2.45) is 0 Å². The molecular formula is C22H24N4O2S. The van der Waals surface area contributed by atoms with E-state index in [4.69, 9.17) is 4.74 Å². The lowest BCUT2D eigenvalue weighted by molar-refractivity contribution is -0.118. The van der Waals surface area contributed by atoms with Gasteiger partial charge < -0.3 is 15.0 Å². The van der Waals surface area contributed by atoms with Gasteiger partial charge in [0.05, 0.1) is 5.75 Å².